The van der Waals surface area contributed by atoms with Gasteiger partial charge in [0.25, 0.3) is 0 Å². The molecule has 2 aromatic rings. The van der Waals surface area contributed by atoms with Gasteiger partial charge in [-0.15, -0.1) is 10.2 Å². The average Bonchev–Trinajstić information content (AvgIpc) is 2.71. The van der Waals surface area contributed by atoms with E-state index in [1.54, 1.807) is 0 Å². The number of hydrogen-bond donors (Lipinski definition) is 1. The third-order valence-corrected chi connectivity index (χ3v) is 2.93. The Labute approximate surface area is 99.1 Å². The molecule has 0 spiro atoms. The number of aryl methyl sites for hydroxylation is 3. The van der Waals surface area contributed by atoms with Crippen LogP contribution in [0.5, 0.6) is 0 Å². The molecular formula is C12H15N3O2. The molecule has 0 aliphatic heterocycles. The molecule has 17 heavy (non-hydrogen) atoms. The summed E-state index contributed by atoms with van der Waals surface area (Å²) < 4.78 is 1.96. The van der Waals surface area contributed by atoms with E-state index in [9.17, 15) is 4.79 Å². The Balaban J connectivity index is 2.40. The highest BCUT2D eigenvalue weighted by molar-refractivity contribution is 5.67. The highest BCUT2D eigenvalue weighted by Crippen LogP contribution is 2.16. The second kappa shape index (κ2) is 4.53. The minimum absolute atomic E-state index is 0.145. The monoisotopic (exact) mass is 233 g/mol. The van der Waals surface area contributed by atoms with Crippen LogP contribution in [0.1, 0.15) is 30.3 Å². The number of aromatic nitrogens is 3. The molecule has 2 rings (SSSR count). The maximum atomic E-state index is 10.6. The van der Waals surface area contributed by atoms with Crippen molar-refractivity contribution in [1.82, 2.24) is 14.6 Å². The van der Waals surface area contributed by atoms with Crippen LogP contribution in [0.2, 0.25) is 0 Å². The van der Waals surface area contributed by atoms with Crippen molar-refractivity contribution >= 4 is 11.6 Å². The molecule has 2 aromatic heterocycles. The Morgan fingerprint density at radius 2 is 2.24 bits per heavy atom. The molecule has 0 saturated carbocycles. The molecule has 1 N–H and O–H groups in total. The van der Waals surface area contributed by atoms with E-state index < -0.39 is 5.97 Å². The van der Waals surface area contributed by atoms with Gasteiger partial charge in [0.1, 0.15) is 5.82 Å². The molecule has 0 fully saturated rings. The van der Waals surface area contributed by atoms with Gasteiger partial charge < -0.3 is 5.11 Å². The second-order valence-corrected chi connectivity index (χ2v) is 4.02. The third-order valence-electron chi connectivity index (χ3n) is 2.93. The van der Waals surface area contributed by atoms with E-state index in [0.29, 0.717) is 6.42 Å². The van der Waals surface area contributed by atoms with Crippen molar-refractivity contribution in [2.75, 3.05) is 0 Å². The highest BCUT2D eigenvalue weighted by Gasteiger charge is 2.10. The van der Waals surface area contributed by atoms with E-state index in [-0.39, 0.29) is 6.42 Å². The molecule has 0 aromatic carbocycles. The summed E-state index contributed by atoms with van der Waals surface area (Å²) in [5.74, 6) is 0.146. The lowest BCUT2D eigenvalue weighted by atomic mass is 10.1. The van der Waals surface area contributed by atoms with Gasteiger partial charge in [0.2, 0.25) is 0 Å². The van der Waals surface area contributed by atoms with Gasteiger partial charge >= 0.3 is 5.97 Å². The van der Waals surface area contributed by atoms with Crippen LogP contribution in [0, 0.1) is 6.92 Å². The smallest absolute Gasteiger partial charge is 0.303 e. The molecule has 90 valence electrons. The number of hydrogen-bond acceptors (Lipinski definition) is 3. The summed E-state index contributed by atoms with van der Waals surface area (Å²) in [6.07, 6.45) is 3.42. The van der Waals surface area contributed by atoms with Crippen LogP contribution in [0.3, 0.4) is 0 Å². The third kappa shape index (κ3) is 2.13. The minimum atomic E-state index is -0.778. The number of nitrogens with zero attached hydrogens (tertiary/aromatic N) is 3. The molecule has 0 aliphatic carbocycles. The van der Waals surface area contributed by atoms with Crippen molar-refractivity contribution in [2.24, 2.45) is 0 Å². The molecule has 0 bridgehead atoms. The van der Waals surface area contributed by atoms with Gasteiger partial charge in [-0.25, -0.2) is 0 Å². The second-order valence-electron chi connectivity index (χ2n) is 4.02. The number of rotatable bonds is 4. The van der Waals surface area contributed by atoms with Crippen molar-refractivity contribution in [3.63, 3.8) is 0 Å². The molecule has 5 nitrogen and oxygen atoms in total. The van der Waals surface area contributed by atoms with Crippen LogP contribution in [-0.4, -0.2) is 25.7 Å². The Bertz CT molecular complexity index is 560. The standard InChI is InChI=1S/C12H15N3O2/c1-3-10-13-14-12-8(2)9(4-5-11(16)17)6-7-15(10)12/h6-7H,3-5H2,1-2H3,(H,16,17). The lowest BCUT2D eigenvalue weighted by Gasteiger charge is -2.06. The average molecular weight is 233 g/mol. The molecular weight excluding hydrogens is 218 g/mol. The van der Waals surface area contributed by atoms with E-state index in [2.05, 4.69) is 10.2 Å². The van der Waals surface area contributed by atoms with Gasteiger partial charge in [-0.1, -0.05) is 6.92 Å². The van der Waals surface area contributed by atoms with E-state index >= 15 is 0 Å². The largest absolute Gasteiger partial charge is 0.481 e. The van der Waals surface area contributed by atoms with Crippen LogP contribution >= 0.6 is 0 Å². The van der Waals surface area contributed by atoms with Crippen molar-refractivity contribution in [3.05, 3.63) is 29.2 Å². The molecule has 2 heterocycles. The van der Waals surface area contributed by atoms with E-state index in [4.69, 9.17) is 5.11 Å². The first-order valence-corrected chi connectivity index (χ1v) is 5.67. The lowest BCUT2D eigenvalue weighted by molar-refractivity contribution is -0.136. The predicted molar refractivity (Wildman–Crippen MR) is 63.1 cm³/mol. The Hall–Kier alpha value is -1.91. The zero-order chi connectivity index (χ0) is 12.4. The summed E-state index contributed by atoms with van der Waals surface area (Å²) in [6.45, 7) is 3.99. The zero-order valence-corrected chi connectivity index (χ0v) is 9.97. The number of carboxylic acids is 1. The number of aliphatic carboxylic acids is 1. The van der Waals surface area contributed by atoms with Gasteiger partial charge in [-0.2, -0.15) is 0 Å². The predicted octanol–water partition coefficient (Wildman–Crippen LogP) is 1.62. The van der Waals surface area contributed by atoms with Crippen LogP contribution in [0.15, 0.2) is 12.3 Å². The van der Waals surface area contributed by atoms with Crippen LogP contribution < -0.4 is 0 Å². The fourth-order valence-electron chi connectivity index (χ4n) is 1.92. The quantitative estimate of drug-likeness (QED) is 0.871. The molecule has 0 amide bonds. The van der Waals surface area contributed by atoms with Gasteiger partial charge in [-0.05, 0) is 30.5 Å². The molecule has 0 saturated heterocycles. The topological polar surface area (TPSA) is 67.5 Å². The molecule has 0 radical (unpaired) electrons. The first-order valence-electron chi connectivity index (χ1n) is 5.67. The molecule has 0 aliphatic rings. The summed E-state index contributed by atoms with van der Waals surface area (Å²) in [5.41, 5.74) is 2.86. The summed E-state index contributed by atoms with van der Waals surface area (Å²) in [6, 6.07) is 1.95. The van der Waals surface area contributed by atoms with E-state index in [1.165, 1.54) is 0 Å². The van der Waals surface area contributed by atoms with Crippen molar-refractivity contribution in [3.8, 4) is 0 Å². The zero-order valence-electron chi connectivity index (χ0n) is 9.97. The minimum Gasteiger partial charge on any atom is -0.481 e. The Kier molecular flexibility index (Phi) is 3.08. The molecule has 5 heteroatoms. The normalized spacial score (nSPS) is 10.9. The number of fused-ring (bicyclic) bond motifs is 1. The van der Waals surface area contributed by atoms with Crippen molar-refractivity contribution in [1.29, 1.82) is 0 Å². The van der Waals surface area contributed by atoms with Crippen molar-refractivity contribution in [2.45, 2.75) is 33.1 Å². The maximum absolute atomic E-state index is 10.6. The number of carboxylic acid groups (broad SMARTS) is 1. The number of pyridine rings is 1. The first-order chi connectivity index (χ1) is 8.13. The maximum Gasteiger partial charge on any atom is 0.303 e. The fraction of sp³-hybridized carbons (Fsp3) is 0.417. The van der Waals surface area contributed by atoms with Gasteiger partial charge in [0.05, 0.1) is 0 Å². The highest BCUT2D eigenvalue weighted by atomic mass is 16.4. The lowest BCUT2D eigenvalue weighted by Crippen LogP contribution is -2.01. The van der Waals surface area contributed by atoms with Gasteiger partial charge in [0, 0.05) is 19.0 Å². The van der Waals surface area contributed by atoms with Crippen LogP contribution in [0.4, 0.5) is 0 Å². The summed E-state index contributed by atoms with van der Waals surface area (Å²) in [7, 11) is 0. The SMILES string of the molecule is CCc1nnc2c(C)c(CCC(=O)O)ccn12. The van der Waals surface area contributed by atoms with Crippen LogP contribution in [0.25, 0.3) is 5.65 Å². The summed E-state index contributed by atoms with van der Waals surface area (Å²) in [5, 5.41) is 16.9. The molecule has 0 atom stereocenters. The number of carbonyl (C=O) groups is 1. The summed E-state index contributed by atoms with van der Waals surface area (Å²) in [4.78, 5) is 10.6. The first kappa shape index (κ1) is 11.6. The molecule has 0 unspecified atom stereocenters. The van der Waals surface area contributed by atoms with Gasteiger partial charge in [-0.3, -0.25) is 9.20 Å². The summed E-state index contributed by atoms with van der Waals surface area (Å²) >= 11 is 0. The van der Waals surface area contributed by atoms with Gasteiger partial charge in [0.15, 0.2) is 5.65 Å². The Morgan fingerprint density at radius 3 is 2.88 bits per heavy atom. The van der Waals surface area contributed by atoms with Crippen LogP contribution in [-0.2, 0) is 17.6 Å². The van der Waals surface area contributed by atoms with E-state index in [1.807, 2.05) is 30.5 Å². The fourth-order valence-corrected chi connectivity index (χ4v) is 1.92. The van der Waals surface area contributed by atoms with Crippen molar-refractivity contribution < 1.29 is 9.90 Å². The van der Waals surface area contributed by atoms with E-state index in [0.717, 1.165) is 29.0 Å². The Morgan fingerprint density at radius 1 is 1.47 bits per heavy atom.